The monoisotopic (exact) mass is 309 g/mol. The first kappa shape index (κ1) is 14.4. The molecule has 1 aromatic carbocycles. The highest BCUT2D eigenvalue weighted by Crippen LogP contribution is 2.33. The standard InChI is InChI=1S/C15H16FNO3S/c16-11-2-1-3-12-13(11)10(14(21-12)15(18)19)8-17-9-4-6-20-7-5-9/h1-3,9,17H,4-8H2,(H,18,19). The number of ether oxygens (including phenoxy) is 1. The third-order valence-electron chi connectivity index (χ3n) is 3.75. The lowest BCUT2D eigenvalue weighted by molar-refractivity contribution is 0.0698. The topological polar surface area (TPSA) is 58.6 Å². The van der Waals surface area contributed by atoms with Crippen molar-refractivity contribution in [3.05, 3.63) is 34.5 Å². The molecule has 0 aliphatic carbocycles. The second-order valence-electron chi connectivity index (χ2n) is 5.10. The van der Waals surface area contributed by atoms with Crippen LogP contribution in [0.25, 0.3) is 10.1 Å². The van der Waals surface area contributed by atoms with Gasteiger partial charge in [-0.3, -0.25) is 0 Å². The Morgan fingerprint density at radius 2 is 2.19 bits per heavy atom. The van der Waals surface area contributed by atoms with Crippen LogP contribution >= 0.6 is 11.3 Å². The molecule has 0 bridgehead atoms. The Hall–Kier alpha value is -1.50. The minimum Gasteiger partial charge on any atom is -0.477 e. The molecule has 0 spiro atoms. The minimum atomic E-state index is -1.00. The fourth-order valence-electron chi connectivity index (χ4n) is 2.66. The van der Waals surface area contributed by atoms with Crippen molar-refractivity contribution in [3.63, 3.8) is 0 Å². The van der Waals surface area contributed by atoms with E-state index in [4.69, 9.17) is 4.74 Å². The zero-order chi connectivity index (χ0) is 14.8. The van der Waals surface area contributed by atoms with E-state index in [2.05, 4.69) is 5.32 Å². The van der Waals surface area contributed by atoms with Crippen LogP contribution in [0.15, 0.2) is 18.2 Å². The van der Waals surface area contributed by atoms with Crippen LogP contribution in [0.4, 0.5) is 4.39 Å². The van der Waals surface area contributed by atoms with E-state index in [9.17, 15) is 14.3 Å². The molecule has 1 saturated heterocycles. The van der Waals surface area contributed by atoms with Gasteiger partial charge in [0.05, 0.1) is 0 Å². The van der Waals surface area contributed by atoms with Gasteiger partial charge in [-0.05, 0) is 25.0 Å². The lowest BCUT2D eigenvalue weighted by Crippen LogP contribution is -2.34. The summed E-state index contributed by atoms with van der Waals surface area (Å²) in [6.07, 6.45) is 1.79. The van der Waals surface area contributed by atoms with Gasteiger partial charge in [-0.15, -0.1) is 11.3 Å². The first-order valence-electron chi connectivity index (χ1n) is 6.91. The molecule has 1 aromatic heterocycles. The van der Waals surface area contributed by atoms with Crippen molar-refractivity contribution in [2.75, 3.05) is 13.2 Å². The van der Waals surface area contributed by atoms with E-state index in [1.165, 1.54) is 6.07 Å². The van der Waals surface area contributed by atoms with Crippen molar-refractivity contribution in [2.45, 2.75) is 25.4 Å². The molecule has 2 N–H and O–H groups in total. The van der Waals surface area contributed by atoms with Gasteiger partial charge in [0.1, 0.15) is 10.7 Å². The first-order chi connectivity index (χ1) is 10.2. The van der Waals surface area contributed by atoms with Gasteiger partial charge in [-0.2, -0.15) is 0 Å². The summed E-state index contributed by atoms with van der Waals surface area (Å²) in [7, 11) is 0. The van der Waals surface area contributed by atoms with Crippen molar-refractivity contribution in [3.8, 4) is 0 Å². The maximum absolute atomic E-state index is 14.1. The van der Waals surface area contributed by atoms with Crippen LogP contribution in [0, 0.1) is 5.82 Å². The zero-order valence-corrected chi connectivity index (χ0v) is 12.2. The number of carboxylic acids is 1. The SMILES string of the molecule is O=C(O)c1sc2cccc(F)c2c1CNC1CCOCC1. The smallest absolute Gasteiger partial charge is 0.346 e. The number of aromatic carboxylic acids is 1. The summed E-state index contributed by atoms with van der Waals surface area (Å²) in [4.78, 5) is 11.6. The van der Waals surface area contributed by atoms with E-state index in [1.807, 2.05) is 0 Å². The van der Waals surface area contributed by atoms with Crippen molar-refractivity contribution in [1.82, 2.24) is 5.32 Å². The van der Waals surface area contributed by atoms with Gasteiger partial charge in [-0.1, -0.05) is 6.07 Å². The molecule has 3 rings (SSSR count). The molecule has 2 heterocycles. The van der Waals surface area contributed by atoms with Gasteiger partial charge in [0.25, 0.3) is 0 Å². The molecule has 1 aliphatic heterocycles. The Morgan fingerprint density at radius 3 is 2.90 bits per heavy atom. The van der Waals surface area contributed by atoms with Crippen LogP contribution in [0.2, 0.25) is 0 Å². The highest BCUT2D eigenvalue weighted by molar-refractivity contribution is 7.21. The van der Waals surface area contributed by atoms with Gasteiger partial charge >= 0.3 is 5.97 Å². The lowest BCUT2D eigenvalue weighted by Gasteiger charge is -2.23. The first-order valence-corrected chi connectivity index (χ1v) is 7.73. The van der Waals surface area contributed by atoms with Gasteiger partial charge in [0.2, 0.25) is 0 Å². The van der Waals surface area contributed by atoms with Crippen LogP contribution in [0.3, 0.4) is 0 Å². The molecule has 4 nitrogen and oxygen atoms in total. The van der Waals surface area contributed by atoms with Crippen LogP contribution in [-0.2, 0) is 11.3 Å². The summed E-state index contributed by atoms with van der Waals surface area (Å²) in [5.41, 5.74) is 0.548. The van der Waals surface area contributed by atoms with E-state index in [-0.39, 0.29) is 10.7 Å². The molecule has 6 heteroatoms. The largest absolute Gasteiger partial charge is 0.477 e. The molecule has 0 saturated carbocycles. The number of rotatable bonds is 4. The number of nitrogens with one attached hydrogen (secondary N) is 1. The fourth-order valence-corrected chi connectivity index (χ4v) is 3.73. The molecule has 2 aromatic rings. The molecule has 0 amide bonds. The highest BCUT2D eigenvalue weighted by atomic mass is 32.1. The van der Waals surface area contributed by atoms with Crippen LogP contribution in [0.1, 0.15) is 28.1 Å². The van der Waals surface area contributed by atoms with E-state index in [1.54, 1.807) is 12.1 Å². The molecule has 0 atom stereocenters. The summed E-state index contributed by atoms with van der Waals surface area (Å²) >= 11 is 1.13. The van der Waals surface area contributed by atoms with E-state index in [0.29, 0.717) is 41.4 Å². The van der Waals surface area contributed by atoms with Crippen LogP contribution in [-0.4, -0.2) is 30.3 Å². The number of thiophene rings is 1. The molecule has 1 fully saturated rings. The lowest BCUT2D eigenvalue weighted by atomic mass is 10.1. The van der Waals surface area contributed by atoms with Crippen molar-refractivity contribution < 1.29 is 19.0 Å². The molecule has 0 unspecified atom stereocenters. The number of benzene rings is 1. The number of fused-ring (bicyclic) bond motifs is 1. The normalized spacial score (nSPS) is 16.4. The molecular weight excluding hydrogens is 293 g/mol. The average Bonchev–Trinajstić information content (AvgIpc) is 2.86. The number of carbonyl (C=O) groups is 1. The average molecular weight is 309 g/mol. The second-order valence-corrected chi connectivity index (χ2v) is 6.15. The minimum absolute atomic E-state index is 0.217. The summed E-state index contributed by atoms with van der Waals surface area (Å²) in [6.45, 7) is 1.79. The number of hydrogen-bond donors (Lipinski definition) is 2. The quantitative estimate of drug-likeness (QED) is 0.911. The zero-order valence-electron chi connectivity index (χ0n) is 11.4. The predicted molar refractivity (Wildman–Crippen MR) is 79.4 cm³/mol. The summed E-state index contributed by atoms with van der Waals surface area (Å²) in [5.74, 6) is -1.36. The van der Waals surface area contributed by atoms with E-state index in [0.717, 1.165) is 24.2 Å². The number of carboxylic acid groups (broad SMARTS) is 1. The van der Waals surface area contributed by atoms with Crippen molar-refractivity contribution >= 4 is 27.4 Å². The van der Waals surface area contributed by atoms with Gasteiger partial charge in [0.15, 0.2) is 0 Å². The third-order valence-corrected chi connectivity index (χ3v) is 4.93. The second kappa shape index (κ2) is 6.09. The van der Waals surface area contributed by atoms with Crippen molar-refractivity contribution in [2.24, 2.45) is 0 Å². The van der Waals surface area contributed by atoms with E-state index < -0.39 is 5.97 Å². The van der Waals surface area contributed by atoms with Gasteiger partial charge < -0.3 is 15.2 Å². The molecule has 0 radical (unpaired) electrons. The Kier molecular flexibility index (Phi) is 4.19. The molecule has 1 aliphatic rings. The molecule has 21 heavy (non-hydrogen) atoms. The summed E-state index contributed by atoms with van der Waals surface area (Å²) in [6, 6.07) is 5.03. The Morgan fingerprint density at radius 1 is 1.43 bits per heavy atom. The summed E-state index contributed by atoms with van der Waals surface area (Å²) < 4.78 is 20.0. The molecule has 112 valence electrons. The maximum atomic E-state index is 14.1. The number of halogens is 1. The number of hydrogen-bond acceptors (Lipinski definition) is 4. The Balaban J connectivity index is 1.91. The van der Waals surface area contributed by atoms with Crippen LogP contribution < -0.4 is 5.32 Å². The Bertz CT molecular complexity index is 664. The highest BCUT2D eigenvalue weighted by Gasteiger charge is 2.21. The third kappa shape index (κ3) is 2.92. The van der Waals surface area contributed by atoms with Gasteiger partial charge in [-0.25, -0.2) is 9.18 Å². The fraction of sp³-hybridized carbons (Fsp3) is 0.400. The summed E-state index contributed by atoms with van der Waals surface area (Å²) in [5, 5.41) is 13.1. The Labute approximate surface area is 125 Å². The molecular formula is C15H16FNO3S. The van der Waals surface area contributed by atoms with E-state index >= 15 is 0 Å². The predicted octanol–water partition coefficient (Wildman–Crippen LogP) is 3.01. The van der Waals surface area contributed by atoms with Crippen LogP contribution in [0.5, 0.6) is 0 Å². The van der Waals surface area contributed by atoms with Gasteiger partial charge in [0, 0.05) is 41.4 Å². The maximum Gasteiger partial charge on any atom is 0.346 e. The van der Waals surface area contributed by atoms with Crippen molar-refractivity contribution in [1.29, 1.82) is 0 Å².